The molecule has 3 aromatic rings. The fraction of sp³-hybridized carbons (Fsp3) is 0.462. The van der Waals surface area contributed by atoms with Crippen molar-refractivity contribution >= 4 is 78.2 Å². The maximum absolute atomic E-state index is 13.9. The lowest BCUT2D eigenvalue weighted by Crippen LogP contribution is -2.46. The maximum atomic E-state index is 13.9. The molecule has 12 heteroatoms. The number of amides is 1. The van der Waals surface area contributed by atoms with Crippen LogP contribution in [0.25, 0.3) is 10.2 Å². The third-order valence-electron chi connectivity index (χ3n) is 6.97. The molecule has 1 aromatic heterocycles. The van der Waals surface area contributed by atoms with Crippen molar-refractivity contribution in [2.75, 3.05) is 44.2 Å². The Hall–Kier alpha value is -1.46. The summed E-state index contributed by atoms with van der Waals surface area (Å²) in [7, 11) is -3.64. The van der Waals surface area contributed by atoms with Crippen LogP contribution in [0.4, 0.5) is 5.13 Å². The van der Waals surface area contributed by atoms with Gasteiger partial charge in [-0.15, -0.1) is 12.4 Å². The molecule has 0 atom stereocenters. The Bertz CT molecular complexity index is 1320. The van der Waals surface area contributed by atoms with E-state index in [2.05, 4.69) is 18.7 Å². The Labute approximate surface area is 245 Å². The zero-order valence-corrected chi connectivity index (χ0v) is 25.7. The molecule has 1 aliphatic rings. The van der Waals surface area contributed by atoms with Crippen LogP contribution in [0.5, 0.6) is 0 Å². The lowest BCUT2D eigenvalue weighted by molar-refractivity contribution is -0.123. The van der Waals surface area contributed by atoms with E-state index in [0.717, 1.165) is 35.4 Å². The van der Waals surface area contributed by atoms with E-state index in [1.165, 1.54) is 27.8 Å². The van der Waals surface area contributed by atoms with Crippen molar-refractivity contribution < 1.29 is 13.2 Å². The molecule has 1 saturated heterocycles. The number of piperidine rings is 1. The quantitative estimate of drug-likeness (QED) is 0.289. The molecular weight excluding hydrogens is 587 g/mol. The van der Waals surface area contributed by atoms with E-state index in [1.54, 1.807) is 17.0 Å². The average molecular weight is 620 g/mol. The fourth-order valence-electron chi connectivity index (χ4n) is 4.61. The van der Waals surface area contributed by atoms with Crippen molar-refractivity contribution in [1.82, 2.24) is 14.2 Å². The van der Waals surface area contributed by atoms with Gasteiger partial charge in [0.25, 0.3) is 0 Å². The number of thiazole rings is 1. The van der Waals surface area contributed by atoms with Crippen molar-refractivity contribution in [3.63, 3.8) is 0 Å². The van der Waals surface area contributed by atoms with Crippen LogP contribution >= 0.6 is 46.9 Å². The minimum Gasteiger partial charge on any atom is -0.302 e. The van der Waals surface area contributed by atoms with Gasteiger partial charge in [0, 0.05) is 37.1 Å². The first-order valence-electron chi connectivity index (χ1n) is 12.5. The number of benzene rings is 2. The van der Waals surface area contributed by atoms with Crippen molar-refractivity contribution in [2.45, 2.75) is 38.5 Å². The van der Waals surface area contributed by atoms with Crippen LogP contribution in [-0.4, -0.2) is 67.8 Å². The number of anilines is 1. The molecule has 2 aromatic carbocycles. The molecule has 0 bridgehead atoms. The normalized spacial score (nSPS) is 15.1. The Balaban J connectivity index is 0.00000400. The number of carbonyl (C=O) groups is 1. The van der Waals surface area contributed by atoms with E-state index in [-0.39, 0.29) is 42.2 Å². The summed E-state index contributed by atoms with van der Waals surface area (Å²) in [5, 5.41) is 1.75. The minimum absolute atomic E-state index is 0. The molecular formula is C26H33Cl3N4O3S2. The van der Waals surface area contributed by atoms with Gasteiger partial charge in [0.05, 0.1) is 20.1 Å². The molecule has 1 amide bonds. The van der Waals surface area contributed by atoms with Crippen LogP contribution in [0.15, 0.2) is 41.3 Å². The summed E-state index contributed by atoms with van der Waals surface area (Å²) in [5.74, 6) is -0.291. The standard InChI is InChI=1S/C26H32Cl2N4O3S2.ClH/c1-4-30(5-2)16-17-32(26-29-23-18(3)6-11-22(28)24(23)36-26)25(33)19-12-14-31(15-13-19)37(34,35)21-9-7-20(27)8-10-21;/h6-11,19H,4-5,12-17H2,1-3H3;1H. The van der Waals surface area contributed by atoms with Gasteiger partial charge in [-0.1, -0.05) is 54.5 Å². The monoisotopic (exact) mass is 618 g/mol. The molecule has 7 nitrogen and oxygen atoms in total. The highest BCUT2D eigenvalue weighted by Crippen LogP contribution is 2.37. The summed E-state index contributed by atoms with van der Waals surface area (Å²) in [6.07, 6.45) is 0.913. The molecule has 208 valence electrons. The lowest BCUT2D eigenvalue weighted by atomic mass is 9.96. The number of carbonyl (C=O) groups excluding carboxylic acids is 1. The molecule has 2 heterocycles. The molecule has 0 radical (unpaired) electrons. The third-order valence-corrected chi connectivity index (χ3v) is 10.7. The summed E-state index contributed by atoms with van der Waals surface area (Å²) in [6, 6.07) is 9.98. The Morgan fingerprint density at radius 1 is 1.05 bits per heavy atom. The summed E-state index contributed by atoms with van der Waals surface area (Å²) in [4.78, 5) is 22.9. The number of fused-ring (bicyclic) bond motifs is 1. The highest BCUT2D eigenvalue weighted by Gasteiger charge is 2.35. The number of hydrogen-bond donors (Lipinski definition) is 0. The van der Waals surface area contributed by atoms with Crippen LogP contribution in [0, 0.1) is 12.8 Å². The number of sulfonamides is 1. The number of nitrogens with zero attached hydrogens (tertiary/aromatic N) is 4. The first-order chi connectivity index (χ1) is 17.6. The highest BCUT2D eigenvalue weighted by atomic mass is 35.5. The fourth-order valence-corrected chi connectivity index (χ4v) is 7.55. The number of hydrogen-bond acceptors (Lipinski definition) is 6. The zero-order valence-electron chi connectivity index (χ0n) is 21.7. The van der Waals surface area contributed by atoms with Gasteiger partial charge in [0.2, 0.25) is 15.9 Å². The van der Waals surface area contributed by atoms with Crippen molar-refractivity contribution in [3.8, 4) is 0 Å². The molecule has 0 spiro atoms. The van der Waals surface area contributed by atoms with Crippen LogP contribution in [0.3, 0.4) is 0 Å². The van der Waals surface area contributed by atoms with Crippen LogP contribution < -0.4 is 4.90 Å². The summed E-state index contributed by atoms with van der Waals surface area (Å²) < 4.78 is 28.5. The molecule has 0 saturated carbocycles. The smallest absolute Gasteiger partial charge is 0.243 e. The van der Waals surface area contributed by atoms with Crippen LogP contribution in [0.2, 0.25) is 10.0 Å². The minimum atomic E-state index is -3.64. The Morgan fingerprint density at radius 2 is 1.68 bits per heavy atom. The van der Waals surface area contributed by atoms with Gasteiger partial charge in [-0.2, -0.15) is 4.31 Å². The van der Waals surface area contributed by atoms with Gasteiger partial charge in [-0.05, 0) is 68.8 Å². The molecule has 38 heavy (non-hydrogen) atoms. The largest absolute Gasteiger partial charge is 0.302 e. The van der Waals surface area contributed by atoms with E-state index in [1.807, 2.05) is 19.1 Å². The number of halogens is 3. The zero-order chi connectivity index (χ0) is 26.7. The second-order valence-corrected chi connectivity index (χ2v) is 12.9. The van der Waals surface area contributed by atoms with Crippen molar-refractivity contribution in [2.24, 2.45) is 5.92 Å². The van der Waals surface area contributed by atoms with Gasteiger partial charge in [-0.25, -0.2) is 13.4 Å². The number of aryl methyl sites for hydroxylation is 1. The topological polar surface area (TPSA) is 73.8 Å². The van der Waals surface area contributed by atoms with Crippen molar-refractivity contribution in [1.29, 1.82) is 0 Å². The van der Waals surface area contributed by atoms with Gasteiger partial charge >= 0.3 is 0 Å². The van der Waals surface area contributed by atoms with Gasteiger partial charge in [-0.3, -0.25) is 9.69 Å². The van der Waals surface area contributed by atoms with Gasteiger partial charge in [0.1, 0.15) is 0 Å². The summed E-state index contributed by atoms with van der Waals surface area (Å²) >= 11 is 13.8. The number of aromatic nitrogens is 1. The number of likely N-dealkylation sites (N-methyl/N-ethyl adjacent to an activating group) is 1. The predicted molar refractivity (Wildman–Crippen MR) is 160 cm³/mol. The van der Waals surface area contributed by atoms with E-state index in [0.29, 0.717) is 34.6 Å². The molecule has 0 aliphatic carbocycles. The molecule has 1 aliphatic heterocycles. The SMILES string of the molecule is CCN(CC)CCN(C(=O)C1CCN(S(=O)(=O)c2ccc(Cl)cc2)CC1)c1nc2c(C)ccc(Cl)c2s1.Cl. The van der Waals surface area contributed by atoms with Crippen LogP contribution in [0.1, 0.15) is 32.3 Å². The first-order valence-corrected chi connectivity index (χ1v) is 15.5. The number of rotatable bonds is 9. The Kier molecular flexibility index (Phi) is 10.8. The average Bonchev–Trinajstić information content (AvgIpc) is 3.35. The van der Waals surface area contributed by atoms with E-state index in [9.17, 15) is 13.2 Å². The second-order valence-electron chi connectivity index (χ2n) is 9.19. The molecule has 0 unspecified atom stereocenters. The highest BCUT2D eigenvalue weighted by molar-refractivity contribution is 7.89. The lowest BCUT2D eigenvalue weighted by Gasteiger charge is -2.33. The molecule has 4 rings (SSSR count). The van der Waals surface area contributed by atoms with E-state index in [4.69, 9.17) is 28.2 Å². The summed E-state index contributed by atoms with van der Waals surface area (Å²) in [5.41, 5.74) is 1.83. The summed E-state index contributed by atoms with van der Waals surface area (Å²) in [6.45, 7) is 9.80. The van der Waals surface area contributed by atoms with Crippen molar-refractivity contribution in [3.05, 3.63) is 52.0 Å². The maximum Gasteiger partial charge on any atom is 0.243 e. The van der Waals surface area contributed by atoms with Gasteiger partial charge < -0.3 is 4.90 Å². The first kappa shape index (κ1) is 31.1. The van der Waals surface area contributed by atoms with E-state index >= 15 is 0 Å². The Morgan fingerprint density at radius 3 is 2.26 bits per heavy atom. The third kappa shape index (κ3) is 6.63. The van der Waals surface area contributed by atoms with Crippen LogP contribution in [-0.2, 0) is 14.8 Å². The second kappa shape index (κ2) is 13.3. The van der Waals surface area contributed by atoms with Gasteiger partial charge in [0.15, 0.2) is 5.13 Å². The predicted octanol–water partition coefficient (Wildman–Crippen LogP) is 6.11. The van der Waals surface area contributed by atoms with E-state index < -0.39 is 10.0 Å². The molecule has 1 fully saturated rings. The molecule has 0 N–H and O–H groups in total.